The summed E-state index contributed by atoms with van der Waals surface area (Å²) in [5.41, 5.74) is 2.76. The molecule has 0 heterocycles. The Balaban J connectivity index is 2.69. The van der Waals surface area contributed by atoms with E-state index in [1.807, 2.05) is 38.4 Å². The molecule has 1 aromatic carbocycles. The zero-order chi connectivity index (χ0) is 12.8. The number of anilines is 1. The van der Waals surface area contributed by atoms with Gasteiger partial charge in [-0.2, -0.15) is 11.8 Å². The Hall–Kier alpha value is -1.16. The molecule has 1 aromatic rings. The van der Waals surface area contributed by atoms with Gasteiger partial charge >= 0.3 is 0 Å². The smallest absolute Gasteiger partial charge is 0.251 e. The second kappa shape index (κ2) is 6.55. The molecule has 1 atom stereocenters. The Bertz CT molecular complexity index is 393. The Morgan fingerprint density at radius 2 is 2.18 bits per heavy atom. The maximum absolute atomic E-state index is 11.9. The predicted octanol–water partition coefficient (Wildman–Crippen LogP) is 2.52. The van der Waals surface area contributed by atoms with Crippen molar-refractivity contribution in [3.05, 3.63) is 29.3 Å². The van der Waals surface area contributed by atoms with Crippen LogP contribution in [0.25, 0.3) is 0 Å². The van der Waals surface area contributed by atoms with Crippen LogP contribution in [-0.4, -0.2) is 31.0 Å². The van der Waals surface area contributed by atoms with Gasteiger partial charge < -0.3 is 10.6 Å². The summed E-state index contributed by atoms with van der Waals surface area (Å²) >= 11 is 1.75. The van der Waals surface area contributed by atoms with E-state index in [-0.39, 0.29) is 5.91 Å². The number of carbonyl (C=O) groups is 1. The molecule has 3 nitrogen and oxygen atoms in total. The first kappa shape index (κ1) is 13.9. The standard InChI is InChI=1S/C13H20N2OS/c1-9-7-11(14-3)5-6-12(9)13(16)15-8-10(2)17-4/h5-7,10,14H,8H2,1-4H3,(H,15,16). The third kappa shape index (κ3) is 3.97. The van der Waals surface area contributed by atoms with E-state index in [0.29, 0.717) is 11.8 Å². The molecule has 1 amide bonds. The molecule has 0 aliphatic carbocycles. The summed E-state index contributed by atoms with van der Waals surface area (Å²) in [5, 5.41) is 6.45. The summed E-state index contributed by atoms with van der Waals surface area (Å²) in [5.74, 6) is 0.00560. The van der Waals surface area contributed by atoms with Gasteiger partial charge in [-0.1, -0.05) is 6.92 Å². The molecule has 0 bridgehead atoms. The zero-order valence-corrected chi connectivity index (χ0v) is 11.6. The maximum Gasteiger partial charge on any atom is 0.251 e. The minimum Gasteiger partial charge on any atom is -0.388 e. The highest BCUT2D eigenvalue weighted by Crippen LogP contribution is 2.14. The van der Waals surface area contributed by atoms with Crippen LogP contribution >= 0.6 is 11.8 Å². The van der Waals surface area contributed by atoms with Crippen molar-refractivity contribution in [1.29, 1.82) is 0 Å². The van der Waals surface area contributed by atoms with E-state index in [4.69, 9.17) is 0 Å². The number of carbonyl (C=O) groups excluding carboxylic acids is 1. The van der Waals surface area contributed by atoms with Crippen molar-refractivity contribution in [3.63, 3.8) is 0 Å². The molecule has 0 radical (unpaired) electrons. The molecule has 0 saturated heterocycles. The number of rotatable bonds is 5. The van der Waals surface area contributed by atoms with E-state index < -0.39 is 0 Å². The summed E-state index contributed by atoms with van der Waals surface area (Å²) < 4.78 is 0. The molecule has 0 fully saturated rings. The topological polar surface area (TPSA) is 41.1 Å². The van der Waals surface area contributed by atoms with Crippen LogP contribution in [0.15, 0.2) is 18.2 Å². The summed E-state index contributed by atoms with van der Waals surface area (Å²) in [4.78, 5) is 11.9. The third-order valence-electron chi connectivity index (χ3n) is 2.71. The molecule has 2 N–H and O–H groups in total. The summed E-state index contributed by atoms with van der Waals surface area (Å²) in [6.45, 7) is 4.75. The molecule has 0 spiro atoms. The van der Waals surface area contributed by atoms with Crippen LogP contribution in [0.1, 0.15) is 22.8 Å². The van der Waals surface area contributed by atoms with E-state index in [2.05, 4.69) is 17.6 Å². The van der Waals surface area contributed by atoms with Crippen LogP contribution in [0, 0.1) is 6.92 Å². The molecular formula is C13H20N2OS. The molecule has 0 aliphatic heterocycles. The minimum atomic E-state index is 0.00560. The van der Waals surface area contributed by atoms with Gasteiger partial charge in [0, 0.05) is 30.1 Å². The van der Waals surface area contributed by atoms with Crippen LogP contribution in [0.3, 0.4) is 0 Å². The van der Waals surface area contributed by atoms with Gasteiger partial charge in [-0.05, 0) is 36.9 Å². The normalized spacial score (nSPS) is 12.0. The van der Waals surface area contributed by atoms with Crippen molar-refractivity contribution in [2.45, 2.75) is 19.1 Å². The Morgan fingerprint density at radius 1 is 1.47 bits per heavy atom. The van der Waals surface area contributed by atoms with Gasteiger partial charge in [0.2, 0.25) is 0 Å². The Kier molecular flexibility index (Phi) is 5.35. The van der Waals surface area contributed by atoms with Crippen molar-refractivity contribution < 1.29 is 4.79 Å². The minimum absolute atomic E-state index is 0.00560. The SMILES string of the molecule is CNc1ccc(C(=O)NCC(C)SC)c(C)c1. The first-order valence-electron chi connectivity index (χ1n) is 5.68. The molecule has 0 aromatic heterocycles. The third-order valence-corrected chi connectivity index (χ3v) is 3.68. The van der Waals surface area contributed by atoms with Gasteiger partial charge in [0.25, 0.3) is 5.91 Å². The quantitative estimate of drug-likeness (QED) is 0.846. The fourth-order valence-corrected chi connectivity index (χ4v) is 1.74. The Morgan fingerprint density at radius 3 is 2.71 bits per heavy atom. The van der Waals surface area contributed by atoms with Crippen molar-refractivity contribution in [1.82, 2.24) is 5.32 Å². The average Bonchev–Trinajstić information content (AvgIpc) is 2.35. The fraction of sp³-hybridized carbons (Fsp3) is 0.462. The molecule has 94 valence electrons. The van der Waals surface area contributed by atoms with Gasteiger partial charge in [0.1, 0.15) is 0 Å². The number of hydrogen-bond donors (Lipinski definition) is 2. The second-order valence-electron chi connectivity index (χ2n) is 4.04. The van der Waals surface area contributed by atoms with E-state index in [0.717, 1.165) is 16.8 Å². The van der Waals surface area contributed by atoms with Gasteiger partial charge in [0.15, 0.2) is 0 Å². The largest absolute Gasteiger partial charge is 0.388 e. The van der Waals surface area contributed by atoms with E-state index in [9.17, 15) is 4.79 Å². The molecule has 1 unspecified atom stereocenters. The molecule has 0 saturated carbocycles. The van der Waals surface area contributed by atoms with Crippen LogP contribution in [0.2, 0.25) is 0 Å². The molecule has 4 heteroatoms. The number of aryl methyl sites for hydroxylation is 1. The highest BCUT2D eigenvalue weighted by Gasteiger charge is 2.10. The molecular weight excluding hydrogens is 232 g/mol. The number of benzene rings is 1. The lowest BCUT2D eigenvalue weighted by Gasteiger charge is -2.12. The van der Waals surface area contributed by atoms with Gasteiger partial charge in [0.05, 0.1) is 0 Å². The van der Waals surface area contributed by atoms with E-state index in [1.54, 1.807) is 11.8 Å². The fourth-order valence-electron chi connectivity index (χ4n) is 1.49. The van der Waals surface area contributed by atoms with E-state index >= 15 is 0 Å². The highest BCUT2D eigenvalue weighted by atomic mass is 32.2. The summed E-state index contributed by atoms with van der Waals surface area (Å²) in [6, 6.07) is 5.76. The van der Waals surface area contributed by atoms with Crippen LogP contribution in [0.5, 0.6) is 0 Å². The van der Waals surface area contributed by atoms with Crippen molar-refractivity contribution in [2.24, 2.45) is 0 Å². The molecule has 0 aliphatic rings. The second-order valence-corrected chi connectivity index (χ2v) is 5.31. The molecule has 17 heavy (non-hydrogen) atoms. The predicted molar refractivity (Wildman–Crippen MR) is 76.0 cm³/mol. The number of nitrogens with one attached hydrogen (secondary N) is 2. The summed E-state index contributed by atoms with van der Waals surface area (Å²) in [7, 11) is 1.87. The highest BCUT2D eigenvalue weighted by molar-refractivity contribution is 7.99. The van der Waals surface area contributed by atoms with Crippen LogP contribution < -0.4 is 10.6 Å². The van der Waals surface area contributed by atoms with Gasteiger partial charge in [-0.25, -0.2) is 0 Å². The first-order chi connectivity index (χ1) is 8.08. The monoisotopic (exact) mass is 252 g/mol. The lowest BCUT2D eigenvalue weighted by Crippen LogP contribution is -2.29. The number of hydrogen-bond acceptors (Lipinski definition) is 3. The van der Waals surface area contributed by atoms with Gasteiger partial charge in [-0.3, -0.25) is 4.79 Å². The van der Waals surface area contributed by atoms with Crippen molar-refractivity contribution in [2.75, 3.05) is 25.2 Å². The van der Waals surface area contributed by atoms with Crippen LogP contribution in [-0.2, 0) is 0 Å². The lowest BCUT2D eigenvalue weighted by atomic mass is 10.1. The number of thioether (sulfide) groups is 1. The van der Waals surface area contributed by atoms with Crippen molar-refractivity contribution >= 4 is 23.4 Å². The summed E-state index contributed by atoms with van der Waals surface area (Å²) in [6.07, 6.45) is 2.05. The first-order valence-corrected chi connectivity index (χ1v) is 6.96. The van der Waals surface area contributed by atoms with Crippen LogP contribution in [0.4, 0.5) is 5.69 Å². The van der Waals surface area contributed by atoms with E-state index in [1.165, 1.54) is 0 Å². The molecule has 1 rings (SSSR count). The van der Waals surface area contributed by atoms with Gasteiger partial charge in [-0.15, -0.1) is 0 Å². The maximum atomic E-state index is 11.9. The zero-order valence-electron chi connectivity index (χ0n) is 10.8. The van der Waals surface area contributed by atoms with Crippen molar-refractivity contribution in [3.8, 4) is 0 Å². The lowest BCUT2D eigenvalue weighted by molar-refractivity contribution is 0.0953. The number of amides is 1. The average molecular weight is 252 g/mol. The Labute approximate surface area is 107 Å².